The first kappa shape index (κ1) is 18.6. The van der Waals surface area contributed by atoms with Gasteiger partial charge in [-0.3, -0.25) is 4.98 Å². The second kappa shape index (κ2) is 6.61. The van der Waals surface area contributed by atoms with E-state index in [1.54, 1.807) is 0 Å². The molecule has 0 saturated carbocycles. The first-order valence-corrected chi connectivity index (χ1v) is 6.53. The fourth-order valence-electron chi connectivity index (χ4n) is 2.06. The van der Waals surface area contributed by atoms with Crippen molar-refractivity contribution in [3.05, 3.63) is 47.7 Å². The van der Waals surface area contributed by atoms with Gasteiger partial charge in [0.15, 0.2) is 0 Å². The topological polar surface area (TPSA) is 48.4 Å². The number of pyridine rings is 1. The van der Waals surface area contributed by atoms with Crippen LogP contribution >= 0.6 is 0 Å². The summed E-state index contributed by atoms with van der Waals surface area (Å²) in [5, 5.41) is 0. The molecule has 0 spiro atoms. The number of ether oxygens (including phenoxy) is 2. The van der Waals surface area contributed by atoms with E-state index < -0.39 is 41.1 Å². The number of nitrogens with zero attached hydrogens (tertiary/aromatic N) is 1. The van der Waals surface area contributed by atoms with Crippen molar-refractivity contribution in [3.63, 3.8) is 0 Å². The largest absolute Gasteiger partial charge is 0.573 e. The molecule has 0 bridgehead atoms. The summed E-state index contributed by atoms with van der Waals surface area (Å²) in [6.45, 7) is 0. The molecule has 0 aliphatic carbocycles. The molecule has 0 saturated heterocycles. The Morgan fingerprint density at radius 3 is 2.08 bits per heavy atom. The molecule has 0 amide bonds. The molecule has 10 heteroatoms. The van der Waals surface area contributed by atoms with Gasteiger partial charge in [0.1, 0.15) is 5.75 Å². The number of halogens is 6. The summed E-state index contributed by atoms with van der Waals surface area (Å²) in [4.78, 5) is 15.2. The van der Waals surface area contributed by atoms with E-state index in [-0.39, 0.29) is 5.56 Å². The molecule has 2 rings (SSSR count). The molecular weight excluding hydrogens is 356 g/mol. The lowest BCUT2D eigenvalue weighted by Crippen LogP contribution is -2.17. The number of aromatic nitrogens is 1. The summed E-state index contributed by atoms with van der Waals surface area (Å²) in [5.74, 6) is -1.82. The predicted molar refractivity (Wildman–Crippen MR) is 72.7 cm³/mol. The Bertz CT molecular complexity index is 768. The minimum atomic E-state index is -4.94. The Balaban J connectivity index is 2.54. The monoisotopic (exact) mass is 365 g/mol. The number of alkyl halides is 6. The fourth-order valence-corrected chi connectivity index (χ4v) is 2.06. The molecule has 0 aliphatic rings. The van der Waals surface area contributed by atoms with Crippen LogP contribution in [0.15, 0.2) is 36.5 Å². The van der Waals surface area contributed by atoms with Crippen molar-refractivity contribution in [1.82, 2.24) is 4.98 Å². The average molecular weight is 365 g/mol. The molecule has 0 aliphatic heterocycles. The molecule has 0 N–H and O–H groups in total. The highest BCUT2D eigenvalue weighted by atomic mass is 19.4. The molecule has 25 heavy (non-hydrogen) atoms. The minimum Gasteiger partial charge on any atom is -0.465 e. The van der Waals surface area contributed by atoms with Crippen molar-refractivity contribution in [2.45, 2.75) is 12.5 Å². The minimum absolute atomic E-state index is 0.146. The average Bonchev–Trinajstić information content (AvgIpc) is 2.51. The third-order valence-electron chi connectivity index (χ3n) is 3.00. The summed E-state index contributed by atoms with van der Waals surface area (Å²) in [6, 6.07) is 4.48. The molecule has 1 aromatic heterocycles. The summed E-state index contributed by atoms with van der Waals surface area (Å²) in [5.41, 5.74) is -2.86. The van der Waals surface area contributed by atoms with E-state index in [0.29, 0.717) is 0 Å². The van der Waals surface area contributed by atoms with Crippen LogP contribution in [0.1, 0.15) is 15.9 Å². The molecule has 1 heterocycles. The normalized spacial score (nSPS) is 12.0. The summed E-state index contributed by atoms with van der Waals surface area (Å²) in [7, 11) is 0.922. The maximum Gasteiger partial charge on any atom is 0.573 e. The van der Waals surface area contributed by atoms with Crippen LogP contribution in [-0.2, 0) is 10.9 Å². The zero-order valence-electron chi connectivity index (χ0n) is 12.4. The lowest BCUT2D eigenvalue weighted by Gasteiger charge is -2.16. The Kier molecular flexibility index (Phi) is 4.91. The Labute approximate surface area is 137 Å². The van der Waals surface area contributed by atoms with Gasteiger partial charge in [-0.2, -0.15) is 13.2 Å². The standard InChI is InChI=1S/C15H9F6NO3/c1-24-13(23)10-6-7-22-12(11(10)14(16,17)18)8-2-4-9(5-3-8)25-15(19,20)21/h2-7H,1H3. The van der Waals surface area contributed by atoms with E-state index >= 15 is 0 Å². The van der Waals surface area contributed by atoms with Crippen molar-refractivity contribution in [2.75, 3.05) is 7.11 Å². The van der Waals surface area contributed by atoms with Gasteiger partial charge in [-0.25, -0.2) is 4.79 Å². The second-order valence-corrected chi connectivity index (χ2v) is 4.64. The highest BCUT2D eigenvalue weighted by Crippen LogP contribution is 2.39. The van der Waals surface area contributed by atoms with E-state index in [4.69, 9.17) is 0 Å². The second-order valence-electron chi connectivity index (χ2n) is 4.64. The molecule has 4 nitrogen and oxygen atoms in total. The number of carbonyl (C=O) groups excluding carboxylic acids is 1. The number of methoxy groups -OCH3 is 1. The molecule has 1 aromatic carbocycles. The van der Waals surface area contributed by atoms with Gasteiger partial charge in [0.25, 0.3) is 0 Å². The Morgan fingerprint density at radius 1 is 1.00 bits per heavy atom. The lowest BCUT2D eigenvalue weighted by molar-refractivity contribution is -0.274. The highest BCUT2D eigenvalue weighted by molar-refractivity contribution is 5.93. The third kappa shape index (κ3) is 4.40. The van der Waals surface area contributed by atoms with E-state index in [9.17, 15) is 31.1 Å². The van der Waals surface area contributed by atoms with Crippen LogP contribution in [0.5, 0.6) is 5.75 Å². The van der Waals surface area contributed by atoms with Gasteiger partial charge >= 0.3 is 18.5 Å². The first-order valence-electron chi connectivity index (χ1n) is 6.53. The van der Waals surface area contributed by atoms with E-state index in [2.05, 4.69) is 14.5 Å². The molecule has 0 unspecified atom stereocenters. The van der Waals surface area contributed by atoms with Gasteiger partial charge in [-0.05, 0) is 30.3 Å². The van der Waals surface area contributed by atoms with Crippen LogP contribution in [0, 0.1) is 0 Å². The van der Waals surface area contributed by atoms with Gasteiger partial charge in [-0.1, -0.05) is 0 Å². The van der Waals surface area contributed by atoms with Crippen molar-refractivity contribution >= 4 is 5.97 Å². The molecule has 0 fully saturated rings. The lowest BCUT2D eigenvalue weighted by atomic mass is 10.0. The first-order chi connectivity index (χ1) is 11.5. The van der Waals surface area contributed by atoms with Crippen molar-refractivity contribution in [2.24, 2.45) is 0 Å². The number of esters is 1. The quantitative estimate of drug-likeness (QED) is 0.596. The van der Waals surface area contributed by atoms with Crippen molar-refractivity contribution < 1.29 is 40.6 Å². The number of hydrogen-bond acceptors (Lipinski definition) is 4. The number of hydrogen-bond donors (Lipinski definition) is 0. The summed E-state index contributed by atoms with van der Waals surface area (Å²) < 4.78 is 84.5. The molecule has 2 aromatic rings. The molecule has 0 atom stereocenters. The number of rotatable bonds is 3. The van der Waals surface area contributed by atoms with Crippen LogP contribution in [0.4, 0.5) is 26.3 Å². The zero-order valence-corrected chi connectivity index (χ0v) is 12.4. The molecular formula is C15H9F6NO3. The summed E-state index contributed by atoms with van der Waals surface area (Å²) in [6.07, 6.45) is -8.90. The summed E-state index contributed by atoms with van der Waals surface area (Å²) >= 11 is 0. The van der Waals surface area contributed by atoms with Gasteiger partial charge < -0.3 is 9.47 Å². The zero-order chi connectivity index (χ0) is 18.8. The van der Waals surface area contributed by atoms with Crippen LogP contribution in [-0.4, -0.2) is 24.4 Å². The van der Waals surface area contributed by atoms with Crippen LogP contribution < -0.4 is 4.74 Å². The van der Waals surface area contributed by atoms with Crippen LogP contribution in [0.3, 0.4) is 0 Å². The number of carbonyl (C=O) groups is 1. The van der Waals surface area contributed by atoms with Gasteiger partial charge in [0.2, 0.25) is 0 Å². The van der Waals surface area contributed by atoms with Crippen molar-refractivity contribution in [3.8, 4) is 17.0 Å². The van der Waals surface area contributed by atoms with Crippen molar-refractivity contribution in [1.29, 1.82) is 0 Å². The SMILES string of the molecule is COC(=O)c1ccnc(-c2ccc(OC(F)(F)F)cc2)c1C(F)(F)F. The maximum absolute atomic E-state index is 13.4. The van der Waals surface area contributed by atoms with Gasteiger partial charge in [0.05, 0.1) is 23.9 Å². The maximum atomic E-state index is 13.4. The molecule has 0 radical (unpaired) electrons. The number of benzene rings is 1. The Morgan fingerprint density at radius 2 is 1.60 bits per heavy atom. The fraction of sp³-hybridized carbons (Fsp3) is 0.200. The van der Waals surface area contributed by atoms with E-state index in [0.717, 1.165) is 43.6 Å². The van der Waals surface area contributed by atoms with Gasteiger partial charge in [-0.15, -0.1) is 13.2 Å². The van der Waals surface area contributed by atoms with Crippen LogP contribution in [0.2, 0.25) is 0 Å². The van der Waals surface area contributed by atoms with Gasteiger partial charge in [0, 0.05) is 11.8 Å². The van der Waals surface area contributed by atoms with E-state index in [1.807, 2.05) is 0 Å². The predicted octanol–water partition coefficient (Wildman–Crippen LogP) is 4.45. The highest BCUT2D eigenvalue weighted by Gasteiger charge is 2.39. The van der Waals surface area contributed by atoms with Crippen LogP contribution in [0.25, 0.3) is 11.3 Å². The Hall–Kier alpha value is -2.78. The van der Waals surface area contributed by atoms with E-state index in [1.165, 1.54) is 0 Å². The third-order valence-corrected chi connectivity index (χ3v) is 3.00. The smallest absolute Gasteiger partial charge is 0.465 e. The molecule has 134 valence electrons.